The number of nitrogens with one attached hydrogen (secondary N) is 2. The molecule has 1 heterocycles. The fraction of sp³-hybridized carbons (Fsp3) is 0.720. The van der Waals surface area contributed by atoms with Gasteiger partial charge in [-0.15, -0.1) is 0 Å². The van der Waals surface area contributed by atoms with E-state index in [-0.39, 0.29) is 0 Å². The van der Waals surface area contributed by atoms with Gasteiger partial charge in [0.25, 0.3) is 0 Å². The first-order chi connectivity index (χ1) is 15.2. The Kier molecular flexibility index (Phi) is 10.5. The molecular weight excluding hydrogens is 388 g/mol. The number of aliphatic imine (C=N–C) groups is 1. The van der Waals surface area contributed by atoms with Crippen molar-refractivity contribution in [2.24, 2.45) is 10.9 Å². The maximum Gasteiger partial charge on any atom is 0.191 e. The Hall–Kier alpha value is -1.79. The standard InChI is InChI=1S/C25H42N4O2/c1-26-25(27-14-6-10-21-7-3-4-8-21)28-20-22-9-5-11-24(19-22)31-18-15-29(2)23-12-16-30-17-13-23/h5,9,11,19,21,23H,3-4,6-8,10,12-18,20H2,1-2H3,(H2,26,27,28). The van der Waals surface area contributed by atoms with Gasteiger partial charge in [0.15, 0.2) is 5.96 Å². The first-order valence-electron chi connectivity index (χ1n) is 12.2. The second-order valence-corrected chi connectivity index (χ2v) is 8.97. The van der Waals surface area contributed by atoms with Crippen molar-refractivity contribution in [3.05, 3.63) is 29.8 Å². The molecule has 0 aromatic heterocycles. The van der Waals surface area contributed by atoms with Crippen molar-refractivity contribution in [1.82, 2.24) is 15.5 Å². The average Bonchev–Trinajstić information content (AvgIpc) is 3.33. The highest BCUT2D eigenvalue weighted by Crippen LogP contribution is 2.28. The van der Waals surface area contributed by atoms with Crippen LogP contribution in [0.3, 0.4) is 0 Å². The topological polar surface area (TPSA) is 58.1 Å². The van der Waals surface area contributed by atoms with Crippen LogP contribution < -0.4 is 15.4 Å². The molecule has 0 radical (unpaired) electrons. The van der Waals surface area contributed by atoms with Gasteiger partial charge in [-0.2, -0.15) is 0 Å². The second kappa shape index (κ2) is 13.6. The molecule has 2 fully saturated rings. The molecule has 0 spiro atoms. The molecule has 6 heteroatoms. The van der Waals surface area contributed by atoms with Gasteiger partial charge < -0.3 is 20.1 Å². The molecule has 1 aliphatic carbocycles. The number of ether oxygens (including phenoxy) is 2. The van der Waals surface area contributed by atoms with Crippen LogP contribution in [-0.2, 0) is 11.3 Å². The molecule has 1 aromatic carbocycles. The molecule has 2 aliphatic rings. The summed E-state index contributed by atoms with van der Waals surface area (Å²) in [4.78, 5) is 6.76. The zero-order valence-electron chi connectivity index (χ0n) is 19.6. The summed E-state index contributed by atoms with van der Waals surface area (Å²) in [6, 6.07) is 8.96. The van der Waals surface area contributed by atoms with E-state index in [9.17, 15) is 0 Å². The summed E-state index contributed by atoms with van der Waals surface area (Å²) >= 11 is 0. The lowest BCUT2D eigenvalue weighted by Gasteiger charge is -2.31. The molecule has 0 amide bonds. The summed E-state index contributed by atoms with van der Waals surface area (Å²) in [5.74, 6) is 2.76. The predicted molar refractivity (Wildman–Crippen MR) is 128 cm³/mol. The molecule has 1 saturated carbocycles. The minimum Gasteiger partial charge on any atom is -0.492 e. The summed E-state index contributed by atoms with van der Waals surface area (Å²) in [5.41, 5.74) is 1.20. The molecule has 0 unspecified atom stereocenters. The average molecular weight is 431 g/mol. The van der Waals surface area contributed by atoms with Crippen LogP contribution in [0.1, 0.15) is 56.9 Å². The summed E-state index contributed by atoms with van der Waals surface area (Å²) in [7, 11) is 4.02. The van der Waals surface area contributed by atoms with Crippen molar-refractivity contribution in [2.75, 3.05) is 47.0 Å². The molecule has 0 bridgehead atoms. The molecule has 0 atom stereocenters. The Labute approximate surface area is 188 Å². The van der Waals surface area contributed by atoms with Crippen LogP contribution >= 0.6 is 0 Å². The number of guanidine groups is 1. The van der Waals surface area contributed by atoms with Gasteiger partial charge in [-0.05, 0) is 56.3 Å². The van der Waals surface area contributed by atoms with Crippen LogP contribution in [0.2, 0.25) is 0 Å². The number of likely N-dealkylation sites (N-methyl/N-ethyl adjacent to an activating group) is 1. The van der Waals surface area contributed by atoms with E-state index in [0.717, 1.165) is 63.3 Å². The zero-order chi connectivity index (χ0) is 21.7. The van der Waals surface area contributed by atoms with Crippen molar-refractivity contribution in [3.8, 4) is 5.75 Å². The molecule has 174 valence electrons. The van der Waals surface area contributed by atoms with E-state index in [1.54, 1.807) is 0 Å². The maximum absolute atomic E-state index is 6.02. The lowest BCUT2D eigenvalue weighted by atomic mass is 10.0. The fourth-order valence-corrected chi connectivity index (χ4v) is 4.66. The highest BCUT2D eigenvalue weighted by molar-refractivity contribution is 5.79. The summed E-state index contributed by atoms with van der Waals surface area (Å²) in [6.45, 7) is 5.12. The van der Waals surface area contributed by atoms with Crippen molar-refractivity contribution in [3.63, 3.8) is 0 Å². The molecule has 1 saturated heterocycles. The van der Waals surface area contributed by atoms with Gasteiger partial charge in [0.1, 0.15) is 12.4 Å². The number of nitrogens with zero attached hydrogens (tertiary/aromatic N) is 2. The minimum absolute atomic E-state index is 0.616. The summed E-state index contributed by atoms with van der Waals surface area (Å²) < 4.78 is 11.5. The van der Waals surface area contributed by atoms with E-state index < -0.39 is 0 Å². The van der Waals surface area contributed by atoms with Crippen molar-refractivity contribution >= 4 is 5.96 Å². The lowest BCUT2D eigenvalue weighted by Crippen LogP contribution is -2.38. The maximum atomic E-state index is 6.02. The fourth-order valence-electron chi connectivity index (χ4n) is 4.66. The highest BCUT2D eigenvalue weighted by Gasteiger charge is 2.18. The normalized spacial score (nSPS) is 18.5. The van der Waals surface area contributed by atoms with Gasteiger partial charge in [0, 0.05) is 45.9 Å². The first kappa shape index (κ1) is 23.9. The Morgan fingerprint density at radius 3 is 2.74 bits per heavy atom. The van der Waals surface area contributed by atoms with Crippen LogP contribution in [0.4, 0.5) is 0 Å². The van der Waals surface area contributed by atoms with E-state index in [0.29, 0.717) is 12.6 Å². The van der Waals surface area contributed by atoms with Gasteiger partial charge in [-0.1, -0.05) is 37.8 Å². The smallest absolute Gasteiger partial charge is 0.191 e. The van der Waals surface area contributed by atoms with Crippen LogP contribution in [0.5, 0.6) is 5.75 Å². The Morgan fingerprint density at radius 1 is 1.16 bits per heavy atom. The molecular formula is C25H42N4O2. The van der Waals surface area contributed by atoms with Gasteiger partial charge in [-0.25, -0.2) is 0 Å². The van der Waals surface area contributed by atoms with E-state index in [2.05, 4.69) is 45.8 Å². The first-order valence-corrected chi connectivity index (χ1v) is 12.2. The van der Waals surface area contributed by atoms with E-state index >= 15 is 0 Å². The molecule has 3 rings (SSSR count). The molecule has 2 N–H and O–H groups in total. The second-order valence-electron chi connectivity index (χ2n) is 8.97. The van der Waals surface area contributed by atoms with Crippen LogP contribution in [0.25, 0.3) is 0 Å². The lowest BCUT2D eigenvalue weighted by molar-refractivity contribution is 0.0392. The van der Waals surface area contributed by atoms with E-state index in [1.165, 1.54) is 44.1 Å². The Morgan fingerprint density at radius 2 is 1.97 bits per heavy atom. The SMILES string of the molecule is CN=C(NCCCC1CCCC1)NCc1cccc(OCCN(C)C2CCOCC2)c1. The summed E-state index contributed by atoms with van der Waals surface area (Å²) in [5, 5.41) is 6.87. The van der Waals surface area contributed by atoms with Crippen molar-refractivity contribution < 1.29 is 9.47 Å². The van der Waals surface area contributed by atoms with E-state index in [1.807, 2.05) is 13.1 Å². The third-order valence-corrected chi connectivity index (χ3v) is 6.67. The van der Waals surface area contributed by atoms with Gasteiger partial charge in [0.05, 0.1) is 0 Å². The number of hydrogen-bond donors (Lipinski definition) is 2. The van der Waals surface area contributed by atoms with Crippen LogP contribution in [-0.4, -0.2) is 63.9 Å². The number of rotatable bonds is 11. The minimum atomic E-state index is 0.616. The Balaban J connectivity index is 1.32. The third-order valence-electron chi connectivity index (χ3n) is 6.67. The van der Waals surface area contributed by atoms with Crippen LogP contribution in [0.15, 0.2) is 29.3 Å². The van der Waals surface area contributed by atoms with Crippen molar-refractivity contribution in [1.29, 1.82) is 0 Å². The quantitative estimate of drug-likeness (QED) is 0.318. The van der Waals surface area contributed by atoms with Gasteiger partial charge >= 0.3 is 0 Å². The molecule has 6 nitrogen and oxygen atoms in total. The Bertz CT molecular complexity index is 655. The summed E-state index contributed by atoms with van der Waals surface area (Å²) in [6.07, 6.45) is 10.5. The molecule has 31 heavy (non-hydrogen) atoms. The zero-order valence-corrected chi connectivity index (χ0v) is 19.6. The number of hydrogen-bond acceptors (Lipinski definition) is 4. The number of benzene rings is 1. The monoisotopic (exact) mass is 430 g/mol. The van der Waals surface area contributed by atoms with Crippen molar-refractivity contribution in [2.45, 2.75) is 64.0 Å². The third kappa shape index (κ3) is 8.69. The van der Waals surface area contributed by atoms with Gasteiger partial charge in [-0.3, -0.25) is 9.89 Å². The van der Waals surface area contributed by atoms with Crippen LogP contribution in [0, 0.1) is 5.92 Å². The predicted octanol–water partition coefficient (Wildman–Crippen LogP) is 3.81. The molecule has 1 aromatic rings. The highest BCUT2D eigenvalue weighted by atomic mass is 16.5. The molecule has 1 aliphatic heterocycles. The van der Waals surface area contributed by atoms with Gasteiger partial charge in [0.2, 0.25) is 0 Å². The largest absolute Gasteiger partial charge is 0.492 e. The van der Waals surface area contributed by atoms with E-state index in [4.69, 9.17) is 9.47 Å².